The van der Waals surface area contributed by atoms with E-state index in [2.05, 4.69) is 29.6 Å². The first kappa shape index (κ1) is 26.4. The minimum atomic E-state index is -4.06. The van der Waals surface area contributed by atoms with E-state index in [-0.39, 0.29) is 20.6 Å². The number of hydrogen-bond donors (Lipinski definition) is 1. The number of thioether (sulfide) groups is 1. The minimum Gasteiger partial charge on any atom is -0.354 e. The third-order valence-corrected chi connectivity index (χ3v) is 8.67. The van der Waals surface area contributed by atoms with Crippen LogP contribution in [0.25, 0.3) is 0 Å². The molecule has 0 bridgehead atoms. The van der Waals surface area contributed by atoms with E-state index >= 15 is 0 Å². The van der Waals surface area contributed by atoms with Crippen molar-refractivity contribution >= 4 is 56.6 Å². The lowest BCUT2D eigenvalue weighted by Gasteiger charge is -2.25. The largest absolute Gasteiger partial charge is 0.354 e. The van der Waals surface area contributed by atoms with Gasteiger partial charge in [-0.1, -0.05) is 76.8 Å². The first-order valence-electron chi connectivity index (χ1n) is 10.6. The van der Waals surface area contributed by atoms with Gasteiger partial charge in [-0.2, -0.15) is 11.8 Å². The van der Waals surface area contributed by atoms with Gasteiger partial charge in [0.15, 0.2) is 0 Å². The first-order valence-corrected chi connectivity index (χ1v) is 14.0. The van der Waals surface area contributed by atoms with Gasteiger partial charge in [-0.3, -0.25) is 9.10 Å². The number of rotatable bonds is 10. The summed E-state index contributed by atoms with van der Waals surface area (Å²) in [4.78, 5) is 12.8. The van der Waals surface area contributed by atoms with Crippen LogP contribution in [0.4, 0.5) is 5.69 Å². The second-order valence-corrected chi connectivity index (χ2v) is 11.5. The number of aryl methyl sites for hydroxylation is 2. The molecule has 180 valence electrons. The Kier molecular flexibility index (Phi) is 9.31. The summed E-state index contributed by atoms with van der Waals surface area (Å²) in [7, 11) is -4.06. The number of halogens is 2. The van der Waals surface area contributed by atoms with Crippen LogP contribution in [0.15, 0.2) is 71.6 Å². The monoisotopic (exact) mass is 536 g/mol. The van der Waals surface area contributed by atoms with E-state index in [1.165, 1.54) is 29.3 Å². The molecule has 0 spiro atoms. The van der Waals surface area contributed by atoms with E-state index in [1.54, 1.807) is 36.0 Å². The lowest BCUT2D eigenvalue weighted by Crippen LogP contribution is -2.41. The quantitative estimate of drug-likeness (QED) is 0.329. The maximum absolute atomic E-state index is 13.4. The molecule has 34 heavy (non-hydrogen) atoms. The molecule has 1 N–H and O–H groups in total. The van der Waals surface area contributed by atoms with E-state index in [0.717, 1.165) is 15.6 Å². The van der Waals surface area contributed by atoms with Crippen molar-refractivity contribution < 1.29 is 13.2 Å². The fraction of sp³-hybridized carbons (Fsp3) is 0.240. The van der Waals surface area contributed by atoms with Crippen molar-refractivity contribution in [2.75, 3.05) is 23.1 Å². The van der Waals surface area contributed by atoms with Crippen molar-refractivity contribution in [3.05, 3.63) is 93.5 Å². The standard InChI is InChI=1S/C25H26Cl2N2O3S2/c1-18-6-10-20(11-7-18)17-33-15-14-28-24(30)16-29(23-5-3-4-22(26)25(23)27)34(31,32)21-12-8-19(2)9-13-21/h3-13H,14-17H2,1-2H3,(H,28,30). The van der Waals surface area contributed by atoms with Gasteiger partial charge in [0, 0.05) is 18.1 Å². The van der Waals surface area contributed by atoms with Gasteiger partial charge in [-0.25, -0.2) is 8.42 Å². The van der Waals surface area contributed by atoms with Crippen LogP contribution >= 0.6 is 35.0 Å². The van der Waals surface area contributed by atoms with Crippen LogP contribution in [0.1, 0.15) is 16.7 Å². The zero-order valence-corrected chi connectivity index (χ0v) is 22.1. The Morgan fingerprint density at radius 3 is 2.21 bits per heavy atom. The molecule has 5 nitrogen and oxygen atoms in total. The zero-order valence-electron chi connectivity index (χ0n) is 18.9. The molecule has 3 rings (SSSR count). The molecular weight excluding hydrogens is 511 g/mol. The predicted molar refractivity (Wildman–Crippen MR) is 143 cm³/mol. The Bertz CT molecular complexity index is 1230. The highest BCUT2D eigenvalue weighted by Gasteiger charge is 2.29. The smallest absolute Gasteiger partial charge is 0.264 e. The van der Waals surface area contributed by atoms with Crippen LogP contribution in [-0.2, 0) is 20.6 Å². The van der Waals surface area contributed by atoms with Gasteiger partial charge in [-0.15, -0.1) is 0 Å². The average Bonchev–Trinajstić information content (AvgIpc) is 2.81. The highest BCUT2D eigenvalue weighted by molar-refractivity contribution is 7.98. The number of amides is 1. The molecule has 0 radical (unpaired) electrons. The second-order valence-electron chi connectivity index (χ2n) is 7.79. The van der Waals surface area contributed by atoms with E-state index in [9.17, 15) is 13.2 Å². The molecule has 0 aromatic heterocycles. The number of sulfonamides is 1. The zero-order chi connectivity index (χ0) is 24.7. The summed E-state index contributed by atoms with van der Waals surface area (Å²) in [5.41, 5.74) is 3.50. The fourth-order valence-electron chi connectivity index (χ4n) is 3.15. The van der Waals surface area contributed by atoms with Crippen LogP contribution in [0.2, 0.25) is 10.0 Å². The number of nitrogens with zero attached hydrogens (tertiary/aromatic N) is 1. The van der Waals surface area contributed by atoms with Gasteiger partial charge in [0.25, 0.3) is 10.0 Å². The Labute approximate surface area is 215 Å². The second kappa shape index (κ2) is 12.0. The van der Waals surface area contributed by atoms with E-state index in [0.29, 0.717) is 12.3 Å². The number of carbonyl (C=O) groups excluding carboxylic acids is 1. The van der Waals surface area contributed by atoms with E-state index < -0.39 is 22.5 Å². The number of carbonyl (C=O) groups is 1. The Hall–Kier alpha value is -2.19. The van der Waals surface area contributed by atoms with Crippen LogP contribution in [-0.4, -0.2) is 33.2 Å². The average molecular weight is 538 g/mol. The summed E-state index contributed by atoms with van der Waals surface area (Å²) in [6.45, 7) is 3.91. The molecule has 3 aromatic rings. The fourth-order valence-corrected chi connectivity index (χ4v) is 5.84. The maximum atomic E-state index is 13.4. The molecule has 3 aromatic carbocycles. The Morgan fingerprint density at radius 1 is 0.941 bits per heavy atom. The highest BCUT2D eigenvalue weighted by atomic mass is 35.5. The third kappa shape index (κ3) is 6.92. The van der Waals surface area contributed by atoms with Crippen molar-refractivity contribution in [3.8, 4) is 0 Å². The molecule has 0 saturated heterocycles. The molecule has 0 saturated carbocycles. The topological polar surface area (TPSA) is 66.5 Å². The van der Waals surface area contributed by atoms with Crippen LogP contribution in [0, 0.1) is 13.8 Å². The molecule has 0 atom stereocenters. The lowest BCUT2D eigenvalue weighted by molar-refractivity contribution is -0.119. The van der Waals surface area contributed by atoms with Gasteiger partial charge in [0.2, 0.25) is 5.91 Å². The Morgan fingerprint density at radius 2 is 1.56 bits per heavy atom. The molecule has 1 amide bonds. The number of anilines is 1. The number of hydrogen-bond acceptors (Lipinski definition) is 4. The van der Waals surface area contributed by atoms with E-state index in [1.807, 2.05) is 13.8 Å². The van der Waals surface area contributed by atoms with Gasteiger partial charge in [0.05, 0.1) is 20.6 Å². The van der Waals surface area contributed by atoms with Crippen molar-refractivity contribution in [3.63, 3.8) is 0 Å². The summed E-state index contributed by atoms with van der Waals surface area (Å²) in [5, 5.41) is 3.08. The summed E-state index contributed by atoms with van der Waals surface area (Å²) in [6, 6.07) is 19.4. The molecule has 0 aliphatic rings. The van der Waals surface area contributed by atoms with Crippen molar-refractivity contribution in [2.45, 2.75) is 24.5 Å². The van der Waals surface area contributed by atoms with Crippen LogP contribution in [0.3, 0.4) is 0 Å². The number of nitrogens with one attached hydrogen (secondary N) is 1. The van der Waals surface area contributed by atoms with Crippen molar-refractivity contribution in [1.82, 2.24) is 5.32 Å². The third-order valence-electron chi connectivity index (χ3n) is 5.05. The van der Waals surface area contributed by atoms with Crippen molar-refractivity contribution in [2.24, 2.45) is 0 Å². The molecule has 0 fully saturated rings. The lowest BCUT2D eigenvalue weighted by atomic mass is 10.2. The van der Waals surface area contributed by atoms with Gasteiger partial charge in [0.1, 0.15) is 6.54 Å². The maximum Gasteiger partial charge on any atom is 0.264 e. The summed E-state index contributed by atoms with van der Waals surface area (Å²) < 4.78 is 27.9. The van der Waals surface area contributed by atoms with Gasteiger partial charge < -0.3 is 5.32 Å². The molecular formula is C25H26Cl2N2O3S2. The number of benzene rings is 3. The minimum absolute atomic E-state index is 0.0654. The molecule has 0 heterocycles. The summed E-state index contributed by atoms with van der Waals surface area (Å²) >= 11 is 14.2. The molecule has 9 heteroatoms. The van der Waals surface area contributed by atoms with E-state index in [4.69, 9.17) is 23.2 Å². The normalized spacial score (nSPS) is 11.3. The van der Waals surface area contributed by atoms with Crippen LogP contribution in [0.5, 0.6) is 0 Å². The van der Waals surface area contributed by atoms with Gasteiger partial charge in [-0.05, 0) is 43.7 Å². The highest BCUT2D eigenvalue weighted by Crippen LogP contribution is 2.35. The molecule has 0 unspecified atom stereocenters. The van der Waals surface area contributed by atoms with Crippen LogP contribution < -0.4 is 9.62 Å². The summed E-state index contributed by atoms with van der Waals surface area (Å²) in [5.74, 6) is 1.10. The Balaban J connectivity index is 1.68. The predicted octanol–water partition coefficient (Wildman–Crippen LogP) is 5.86. The summed E-state index contributed by atoms with van der Waals surface area (Å²) in [6.07, 6.45) is 0. The SMILES string of the molecule is Cc1ccc(CSCCNC(=O)CN(c2cccc(Cl)c2Cl)S(=O)(=O)c2ccc(C)cc2)cc1. The van der Waals surface area contributed by atoms with Gasteiger partial charge >= 0.3 is 0 Å². The molecule has 0 aliphatic carbocycles. The molecule has 0 aliphatic heterocycles. The first-order chi connectivity index (χ1) is 16.2. The van der Waals surface area contributed by atoms with Crippen molar-refractivity contribution in [1.29, 1.82) is 0 Å².